The molecule has 0 aliphatic carbocycles. The number of likely N-dealkylation sites (N-methyl/N-ethyl adjacent to an activating group) is 1. The lowest BCUT2D eigenvalue weighted by molar-refractivity contribution is -0.135. The summed E-state index contributed by atoms with van der Waals surface area (Å²) in [4.78, 5) is 24.6. The van der Waals surface area contributed by atoms with Gasteiger partial charge in [-0.2, -0.15) is 0 Å². The Morgan fingerprint density at radius 3 is 2.84 bits per heavy atom. The first-order valence-corrected chi connectivity index (χ1v) is 6.07. The summed E-state index contributed by atoms with van der Waals surface area (Å²) in [7, 11) is 1.55. The van der Waals surface area contributed by atoms with Gasteiger partial charge >= 0.3 is 0 Å². The highest BCUT2D eigenvalue weighted by Gasteiger charge is 2.13. The van der Waals surface area contributed by atoms with E-state index in [0.717, 1.165) is 6.42 Å². The van der Waals surface area contributed by atoms with E-state index in [4.69, 9.17) is 5.11 Å². The molecule has 1 aromatic rings. The SMILES string of the molecule is CCCNC(=O)CN(C)C(=O)Cn1cc(CO)nn1. The lowest BCUT2D eigenvalue weighted by Gasteiger charge is -2.16. The van der Waals surface area contributed by atoms with Gasteiger partial charge in [-0.3, -0.25) is 9.59 Å². The third-order valence-corrected chi connectivity index (χ3v) is 2.42. The first-order chi connectivity index (χ1) is 9.06. The normalized spacial score (nSPS) is 10.3. The van der Waals surface area contributed by atoms with Crippen LogP contribution < -0.4 is 5.32 Å². The molecule has 8 nitrogen and oxygen atoms in total. The Hall–Kier alpha value is -1.96. The smallest absolute Gasteiger partial charge is 0.244 e. The molecule has 2 N–H and O–H groups in total. The number of hydrogen-bond acceptors (Lipinski definition) is 5. The average Bonchev–Trinajstić information content (AvgIpc) is 2.83. The molecule has 0 aliphatic rings. The van der Waals surface area contributed by atoms with Crippen LogP contribution in [0.25, 0.3) is 0 Å². The number of rotatable bonds is 7. The van der Waals surface area contributed by atoms with Crippen molar-refractivity contribution < 1.29 is 14.7 Å². The van der Waals surface area contributed by atoms with Crippen LogP contribution in [0, 0.1) is 0 Å². The second-order valence-electron chi connectivity index (χ2n) is 4.17. The van der Waals surface area contributed by atoms with Crippen molar-refractivity contribution in [3.05, 3.63) is 11.9 Å². The standard InChI is InChI=1S/C11H19N5O3/c1-3-4-12-10(18)6-15(2)11(19)7-16-5-9(8-17)13-14-16/h5,17H,3-4,6-8H2,1-2H3,(H,12,18). The van der Waals surface area contributed by atoms with Crippen molar-refractivity contribution in [1.82, 2.24) is 25.2 Å². The quantitative estimate of drug-likeness (QED) is 0.644. The number of aliphatic hydroxyl groups is 1. The van der Waals surface area contributed by atoms with E-state index < -0.39 is 0 Å². The maximum Gasteiger partial charge on any atom is 0.244 e. The Morgan fingerprint density at radius 1 is 1.53 bits per heavy atom. The van der Waals surface area contributed by atoms with Crippen LogP contribution >= 0.6 is 0 Å². The topological polar surface area (TPSA) is 100 Å². The summed E-state index contributed by atoms with van der Waals surface area (Å²) in [5.41, 5.74) is 0.399. The highest BCUT2D eigenvalue weighted by atomic mass is 16.3. The predicted octanol–water partition coefficient (Wildman–Crippen LogP) is -1.24. The fourth-order valence-electron chi connectivity index (χ4n) is 1.37. The van der Waals surface area contributed by atoms with Crippen LogP contribution in [0.3, 0.4) is 0 Å². The first-order valence-electron chi connectivity index (χ1n) is 6.07. The number of carbonyl (C=O) groups excluding carboxylic acids is 2. The average molecular weight is 269 g/mol. The second kappa shape index (κ2) is 7.47. The molecule has 8 heteroatoms. The van der Waals surface area contributed by atoms with E-state index in [1.165, 1.54) is 15.8 Å². The summed E-state index contributed by atoms with van der Waals surface area (Å²) < 4.78 is 1.33. The Bertz CT molecular complexity index is 432. The van der Waals surface area contributed by atoms with E-state index in [0.29, 0.717) is 12.2 Å². The molecule has 0 atom stereocenters. The highest BCUT2D eigenvalue weighted by Crippen LogP contribution is 1.94. The fraction of sp³-hybridized carbons (Fsp3) is 0.636. The lowest BCUT2D eigenvalue weighted by Crippen LogP contribution is -2.40. The molecule has 0 fully saturated rings. The van der Waals surface area contributed by atoms with E-state index >= 15 is 0 Å². The van der Waals surface area contributed by atoms with Crippen LogP contribution in [-0.4, -0.2) is 57.0 Å². The van der Waals surface area contributed by atoms with E-state index in [1.54, 1.807) is 7.05 Å². The van der Waals surface area contributed by atoms with Gasteiger partial charge in [0.1, 0.15) is 12.2 Å². The number of hydrogen-bond donors (Lipinski definition) is 2. The van der Waals surface area contributed by atoms with Crippen molar-refractivity contribution in [3.8, 4) is 0 Å². The molecule has 0 aromatic carbocycles. The van der Waals surface area contributed by atoms with Gasteiger partial charge in [-0.15, -0.1) is 5.10 Å². The summed E-state index contributed by atoms with van der Waals surface area (Å²) in [6, 6.07) is 0. The number of aromatic nitrogens is 3. The van der Waals surface area contributed by atoms with Gasteiger partial charge in [-0.05, 0) is 6.42 Å². The van der Waals surface area contributed by atoms with Crippen molar-refractivity contribution in [2.75, 3.05) is 20.1 Å². The minimum absolute atomic E-state index is 0.00937. The molecule has 0 unspecified atom stereocenters. The van der Waals surface area contributed by atoms with E-state index in [2.05, 4.69) is 15.6 Å². The van der Waals surface area contributed by atoms with Crippen molar-refractivity contribution in [2.24, 2.45) is 0 Å². The van der Waals surface area contributed by atoms with Crippen LogP contribution in [0.15, 0.2) is 6.20 Å². The molecule has 0 aliphatic heterocycles. The summed E-state index contributed by atoms with van der Waals surface area (Å²) in [5, 5.41) is 18.9. The monoisotopic (exact) mass is 269 g/mol. The van der Waals surface area contributed by atoms with Crippen LogP contribution in [-0.2, 0) is 22.7 Å². The lowest BCUT2D eigenvalue weighted by atomic mass is 10.4. The Kier molecular flexibility index (Phi) is 5.94. The Balaban J connectivity index is 2.41. The molecule has 0 spiro atoms. The molecule has 1 aromatic heterocycles. The zero-order valence-corrected chi connectivity index (χ0v) is 11.2. The summed E-state index contributed by atoms with van der Waals surface area (Å²) in [6.45, 7) is 2.34. The molecule has 2 amide bonds. The van der Waals surface area contributed by atoms with Crippen LogP contribution in [0.4, 0.5) is 0 Å². The maximum absolute atomic E-state index is 11.8. The number of amides is 2. The zero-order valence-electron chi connectivity index (χ0n) is 11.2. The number of nitrogens with one attached hydrogen (secondary N) is 1. The Morgan fingerprint density at radius 2 is 2.26 bits per heavy atom. The van der Waals surface area contributed by atoms with Gasteiger partial charge in [0.05, 0.1) is 19.3 Å². The molecule has 0 saturated heterocycles. The van der Waals surface area contributed by atoms with Gasteiger partial charge in [0.15, 0.2) is 0 Å². The summed E-state index contributed by atoms with van der Waals surface area (Å²) >= 11 is 0. The molecule has 0 saturated carbocycles. The number of carbonyl (C=O) groups is 2. The first kappa shape index (κ1) is 15.1. The van der Waals surface area contributed by atoms with Crippen molar-refractivity contribution in [3.63, 3.8) is 0 Å². The minimum atomic E-state index is -0.249. The highest BCUT2D eigenvalue weighted by molar-refractivity contribution is 5.84. The molecule has 0 bridgehead atoms. The molecule has 1 heterocycles. The summed E-state index contributed by atoms with van der Waals surface area (Å²) in [5.74, 6) is -0.437. The van der Waals surface area contributed by atoms with Gasteiger partial charge in [0.2, 0.25) is 11.8 Å². The third kappa shape index (κ3) is 5.04. The minimum Gasteiger partial charge on any atom is -0.390 e. The molecular weight excluding hydrogens is 250 g/mol. The predicted molar refractivity (Wildman–Crippen MR) is 66.9 cm³/mol. The van der Waals surface area contributed by atoms with Crippen LogP contribution in [0.2, 0.25) is 0 Å². The van der Waals surface area contributed by atoms with Crippen molar-refractivity contribution in [1.29, 1.82) is 0 Å². The molecular formula is C11H19N5O3. The largest absolute Gasteiger partial charge is 0.390 e. The van der Waals surface area contributed by atoms with Gasteiger partial charge < -0.3 is 15.3 Å². The summed E-state index contributed by atoms with van der Waals surface area (Å²) in [6.07, 6.45) is 2.34. The van der Waals surface area contributed by atoms with Gasteiger partial charge in [0, 0.05) is 13.6 Å². The zero-order chi connectivity index (χ0) is 14.3. The van der Waals surface area contributed by atoms with Crippen molar-refractivity contribution >= 4 is 11.8 Å². The van der Waals surface area contributed by atoms with Crippen LogP contribution in [0.5, 0.6) is 0 Å². The van der Waals surface area contributed by atoms with Gasteiger partial charge in [-0.25, -0.2) is 4.68 Å². The maximum atomic E-state index is 11.8. The second-order valence-corrected chi connectivity index (χ2v) is 4.17. The fourth-order valence-corrected chi connectivity index (χ4v) is 1.37. The molecule has 0 radical (unpaired) electrons. The molecule has 19 heavy (non-hydrogen) atoms. The van der Waals surface area contributed by atoms with Gasteiger partial charge in [0.25, 0.3) is 0 Å². The van der Waals surface area contributed by atoms with Crippen molar-refractivity contribution in [2.45, 2.75) is 26.5 Å². The Labute approximate surface area is 111 Å². The van der Waals surface area contributed by atoms with E-state index in [9.17, 15) is 9.59 Å². The third-order valence-electron chi connectivity index (χ3n) is 2.42. The van der Waals surface area contributed by atoms with Crippen LogP contribution in [0.1, 0.15) is 19.0 Å². The molecule has 106 valence electrons. The van der Waals surface area contributed by atoms with E-state index in [-0.39, 0.29) is 31.5 Å². The van der Waals surface area contributed by atoms with Gasteiger partial charge in [-0.1, -0.05) is 12.1 Å². The van der Waals surface area contributed by atoms with E-state index in [1.807, 2.05) is 6.92 Å². The number of nitrogens with zero attached hydrogens (tertiary/aromatic N) is 4. The molecule has 1 rings (SSSR count). The number of aliphatic hydroxyl groups excluding tert-OH is 1.